The standard InChI is InChI=1S/C13H14N2O2/c1-8-4-9-2-3-12(17)15(13(9)14-7-8)10-5-11(16)6-10/h4,7,10H,2-3,5-6H2,1H3. The molecule has 88 valence electrons. The SMILES string of the molecule is Cc1cnc2c(c1)CCC(=O)N2C1CC(=O)C1. The van der Waals surface area contributed by atoms with Crippen molar-refractivity contribution in [3.05, 3.63) is 23.4 Å². The summed E-state index contributed by atoms with van der Waals surface area (Å²) >= 11 is 0. The lowest BCUT2D eigenvalue weighted by Crippen LogP contribution is -2.50. The first-order chi connectivity index (χ1) is 8.15. The fraction of sp³-hybridized carbons (Fsp3) is 0.462. The molecule has 0 bridgehead atoms. The van der Waals surface area contributed by atoms with Crippen molar-refractivity contribution in [3.63, 3.8) is 0 Å². The first-order valence-electron chi connectivity index (χ1n) is 5.94. The molecule has 2 heterocycles. The van der Waals surface area contributed by atoms with Crippen molar-refractivity contribution in [2.75, 3.05) is 4.90 Å². The molecular formula is C13H14N2O2. The molecule has 1 aromatic heterocycles. The monoisotopic (exact) mass is 230 g/mol. The lowest BCUT2D eigenvalue weighted by atomic mass is 9.88. The predicted molar refractivity (Wildman–Crippen MR) is 62.8 cm³/mol. The molecule has 1 fully saturated rings. The third-order valence-corrected chi connectivity index (χ3v) is 3.48. The molecule has 1 saturated carbocycles. The van der Waals surface area contributed by atoms with Crippen molar-refractivity contribution in [2.24, 2.45) is 0 Å². The van der Waals surface area contributed by atoms with Crippen LogP contribution in [0.2, 0.25) is 0 Å². The molecule has 17 heavy (non-hydrogen) atoms. The first-order valence-corrected chi connectivity index (χ1v) is 5.94. The van der Waals surface area contributed by atoms with Gasteiger partial charge in [0.05, 0.1) is 6.04 Å². The van der Waals surface area contributed by atoms with Gasteiger partial charge in [0.2, 0.25) is 5.91 Å². The van der Waals surface area contributed by atoms with Crippen LogP contribution in [-0.4, -0.2) is 22.7 Å². The Morgan fingerprint density at radius 1 is 1.29 bits per heavy atom. The van der Waals surface area contributed by atoms with Crippen LogP contribution in [0.25, 0.3) is 0 Å². The van der Waals surface area contributed by atoms with Gasteiger partial charge in [-0.15, -0.1) is 0 Å². The van der Waals surface area contributed by atoms with Crippen molar-refractivity contribution in [2.45, 2.75) is 38.6 Å². The summed E-state index contributed by atoms with van der Waals surface area (Å²) in [6, 6.07) is 2.13. The number of hydrogen-bond acceptors (Lipinski definition) is 3. The highest BCUT2D eigenvalue weighted by Gasteiger charge is 2.38. The van der Waals surface area contributed by atoms with Crippen LogP contribution in [0.3, 0.4) is 0 Å². The number of aromatic nitrogens is 1. The second-order valence-corrected chi connectivity index (χ2v) is 4.86. The molecule has 0 radical (unpaired) electrons. The second kappa shape index (κ2) is 3.65. The van der Waals surface area contributed by atoms with Crippen LogP contribution in [0.15, 0.2) is 12.3 Å². The molecule has 1 amide bonds. The van der Waals surface area contributed by atoms with Crippen LogP contribution in [0, 0.1) is 6.92 Å². The minimum atomic E-state index is 0.0456. The van der Waals surface area contributed by atoms with Gasteiger partial charge in [-0.2, -0.15) is 0 Å². The number of hydrogen-bond donors (Lipinski definition) is 0. The number of nitrogens with zero attached hydrogens (tertiary/aromatic N) is 2. The first kappa shape index (κ1) is 10.4. The van der Waals surface area contributed by atoms with E-state index in [1.807, 2.05) is 6.92 Å². The maximum absolute atomic E-state index is 12.0. The molecule has 2 aliphatic rings. The molecule has 3 rings (SSSR count). The van der Waals surface area contributed by atoms with Crippen molar-refractivity contribution in [1.29, 1.82) is 0 Å². The van der Waals surface area contributed by atoms with E-state index in [2.05, 4.69) is 11.1 Å². The summed E-state index contributed by atoms with van der Waals surface area (Å²) in [5.41, 5.74) is 2.24. The molecule has 0 unspecified atom stereocenters. The highest BCUT2D eigenvalue weighted by atomic mass is 16.2. The molecule has 0 spiro atoms. The van der Waals surface area contributed by atoms with Gasteiger partial charge in [-0.1, -0.05) is 6.07 Å². The van der Waals surface area contributed by atoms with E-state index in [9.17, 15) is 9.59 Å². The van der Waals surface area contributed by atoms with Crippen LogP contribution >= 0.6 is 0 Å². The zero-order chi connectivity index (χ0) is 12.0. The van der Waals surface area contributed by atoms with E-state index in [-0.39, 0.29) is 17.7 Å². The fourth-order valence-corrected chi connectivity index (χ4v) is 2.53. The van der Waals surface area contributed by atoms with Crippen LogP contribution in [-0.2, 0) is 16.0 Å². The number of Topliss-reactive ketones (excluding diaryl/α,β-unsaturated/α-hetero) is 1. The van der Waals surface area contributed by atoms with Gasteiger partial charge in [0.25, 0.3) is 0 Å². The van der Waals surface area contributed by atoms with Gasteiger partial charge in [-0.3, -0.25) is 14.5 Å². The summed E-state index contributed by atoms with van der Waals surface area (Å²) in [5.74, 6) is 1.11. The normalized spacial score (nSPS) is 20.2. The highest BCUT2D eigenvalue weighted by Crippen LogP contribution is 2.33. The second-order valence-electron chi connectivity index (χ2n) is 4.86. The summed E-state index contributed by atoms with van der Waals surface area (Å²) in [4.78, 5) is 29.1. The number of ketones is 1. The fourth-order valence-electron chi connectivity index (χ4n) is 2.53. The van der Waals surface area contributed by atoms with E-state index in [1.54, 1.807) is 11.1 Å². The maximum Gasteiger partial charge on any atom is 0.228 e. The summed E-state index contributed by atoms with van der Waals surface area (Å²) in [5, 5.41) is 0. The van der Waals surface area contributed by atoms with E-state index >= 15 is 0 Å². The topological polar surface area (TPSA) is 50.3 Å². The molecule has 1 aliphatic carbocycles. The zero-order valence-corrected chi connectivity index (χ0v) is 9.77. The highest BCUT2D eigenvalue weighted by molar-refractivity contribution is 5.99. The van der Waals surface area contributed by atoms with Crippen molar-refractivity contribution in [1.82, 2.24) is 4.98 Å². The average Bonchev–Trinajstić information content (AvgIpc) is 2.26. The van der Waals surface area contributed by atoms with E-state index in [1.165, 1.54) is 0 Å². The molecule has 0 N–H and O–H groups in total. The average molecular weight is 230 g/mol. The van der Waals surface area contributed by atoms with Gasteiger partial charge in [-0.25, -0.2) is 4.98 Å². The van der Waals surface area contributed by atoms with E-state index in [0.717, 1.165) is 23.4 Å². The lowest BCUT2D eigenvalue weighted by Gasteiger charge is -2.38. The summed E-state index contributed by atoms with van der Waals surface area (Å²) < 4.78 is 0. The van der Waals surface area contributed by atoms with Crippen LogP contribution in [0.1, 0.15) is 30.4 Å². The smallest absolute Gasteiger partial charge is 0.228 e. The number of anilines is 1. The molecule has 4 heteroatoms. The Labute approximate surface area is 99.6 Å². The number of fused-ring (bicyclic) bond motifs is 1. The number of rotatable bonds is 1. The van der Waals surface area contributed by atoms with Gasteiger partial charge in [-0.05, 0) is 24.5 Å². The van der Waals surface area contributed by atoms with Gasteiger partial charge in [0, 0.05) is 25.5 Å². The van der Waals surface area contributed by atoms with Gasteiger partial charge < -0.3 is 0 Å². The Kier molecular flexibility index (Phi) is 2.24. The third-order valence-electron chi connectivity index (χ3n) is 3.48. The third kappa shape index (κ3) is 1.64. The Balaban J connectivity index is 1.98. The predicted octanol–water partition coefficient (Wildman–Crippen LogP) is 1.40. The largest absolute Gasteiger partial charge is 0.300 e. The Bertz CT molecular complexity index is 502. The quantitative estimate of drug-likeness (QED) is 0.732. The number of aryl methyl sites for hydroxylation is 2. The summed E-state index contributed by atoms with van der Waals surface area (Å²) in [6.45, 7) is 2.00. The van der Waals surface area contributed by atoms with E-state index < -0.39 is 0 Å². The molecule has 0 aromatic carbocycles. The minimum absolute atomic E-state index is 0.0456. The van der Waals surface area contributed by atoms with Gasteiger partial charge in [0.1, 0.15) is 11.6 Å². The summed E-state index contributed by atoms with van der Waals surface area (Å²) in [7, 11) is 0. The van der Waals surface area contributed by atoms with Gasteiger partial charge >= 0.3 is 0 Å². The number of carbonyl (C=O) groups is 2. The lowest BCUT2D eigenvalue weighted by molar-refractivity contribution is -0.126. The van der Waals surface area contributed by atoms with Gasteiger partial charge in [0.15, 0.2) is 0 Å². The van der Waals surface area contributed by atoms with E-state index in [0.29, 0.717) is 19.3 Å². The minimum Gasteiger partial charge on any atom is -0.300 e. The number of amides is 1. The molecular weight excluding hydrogens is 216 g/mol. The van der Waals surface area contributed by atoms with Crippen molar-refractivity contribution >= 4 is 17.5 Å². The Morgan fingerprint density at radius 3 is 2.76 bits per heavy atom. The van der Waals surface area contributed by atoms with E-state index in [4.69, 9.17) is 0 Å². The molecule has 0 saturated heterocycles. The summed E-state index contributed by atoms with van der Waals surface area (Å²) in [6.07, 6.45) is 4.05. The van der Waals surface area contributed by atoms with Crippen LogP contribution in [0.4, 0.5) is 5.82 Å². The molecule has 4 nitrogen and oxygen atoms in total. The Hall–Kier alpha value is -1.71. The number of pyridine rings is 1. The zero-order valence-electron chi connectivity index (χ0n) is 9.77. The number of carbonyl (C=O) groups excluding carboxylic acids is 2. The molecule has 0 atom stereocenters. The Morgan fingerprint density at radius 2 is 2.06 bits per heavy atom. The van der Waals surface area contributed by atoms with Crippen LogP contribution < -0.4 is 4.90 Å². The maximum atomic E-state index is 12.0. The van der Waals surface area contributed by atoms with Crippen LogP contribution in [0.5, 0.6) is 0 Å². The molecule has 1 aliphatic heterocycles. The van der Waals surface area contributed by atoms with Crippen molar-refractivity contribution < 1.29 is 9.59 Å². The molecule has 1 aromatic rings. The van der Waals surface area contributed by atoms with Crippen molar-refractivity contribution in [3.8, 4) is 0 Å².